The molecule has 0 unspecified atom stereocenters. The molecule has 0 aliphatic carbocycles. The third-order valence-electron chi connectivity index (χ3n) is 5.07. The van der Waals surface area contributed by atoms with E-state index in [1.165, 1.54) is 27.4 Å². The third kappa shape index (κ3) is 3.81. The van der Waals surface area contributed by atoms with Crippen molar-refractivity contribution >= 4 is 38.3 Å². The molecule has 29 heavy (non-hydrogen) atoms. The number of aromatic hydroxyl groups is 1. The zero-order chi connectivity index (χ0) is 20.6. The number of hydrogen-bond acceptors (Lipinski definition) is 4. The van der Waals surface area contributed by atoms with Crippen LogP contribution in [0.3, 0.4) is 0 Å². The Hall–Kier alpha value is -2.61. The predicted molar refractivity (Wildman–Crippen MR) is 112 cm³/mol. The summed E-state index contributed by atoms with van der Waals surface area (Å²) in [4.78, 5) is 14.4. The van der Waals surface area contributed by atoms with E-state index in [9.17, 15) is 18.3 Å². The van der Waals surface area contributed by atoms with Crippen molar-refractivity contribution in [3.63, 3.8) is 0 Å². The normalized spacial score (nSPS) is 15.6. The lowest BCUT2D eigenvalue weighted by atomic mass is 10.1. The molecule has 1 aliphatic heterocycles. The average Bonchev–Trinajstić information content (AvgIpc) is 2.74. The van der Waals surface area contributed by atoms with Crippen LogP contribution in [0.15, 0.2) is 65.6 Å². The molecule has 4 rings (SSSR count). The Labute approximate surface area is 174 Å². The van der Waals surface area contributed by atoms with Crippen LogP contribution in [0.5, 0.6) is 5.75 Å². The first-order valence-corrected chi connectivity index (χ1v) is 10.9. The van der Waals surface area contributed by atoms with Gasteiger partial charge in [-0.2, -0.15) is 4.31 Å². The average molecular weight is 431 g/mol. The molecule has 0 radical (unpaired) electrons. The van der Waals surface area contributed by atoms with Gasteiger partial charge < -0.3 is 10.0 Å². The molecule has 1 saturated heterocycles. The second-order valence-corrected chi connectivity index (χ2v) is 9.24. The van der Waals surface area contributed by atoms with E-state index in [0.717, 1.165) is 10.8 Å². The van der Waals surface area contributed by atoms with Crippen molar-refractivity contribution in [2.45, 2.75) is 4.90 Å². The zero-order valence-electron chi connectivity index (χ0n) is 15.5. The molecule has 1 aliphatic rings. The molecule has 0 saturated carbocycles. The van der Waals surface area contributed by atoms with Crippen molar-refractivity contribution in [1.82, 2.24) is 9.21 Å². The van der Waals surface area contributed by atoms with E-state index in [1.807, 2.05) is 24.3 Å². The number of rotatable bonds is 3. The van der Waals surface area contributed by atoms with Crippen LogP contribution in [0.4, 0.5) is 0 Å². The van der Waals surface area contributed by atoms with Crippen LogP contribution in [0.2, 0.25) is 5.02 Å². The van der Waals surface area contributed by atoms with Gasteiger partial charge in [-0.3, -0.25) is 4.79 Å². The summed E-state index contributed by atoms with van der Waals surface area (Å²) in [5.74, 6) is -0.515. The van der Waals surface area contributed by atoms with Gasteiger partial charge in [0.2, 0.25) is 10.0 Å². The fraction of sp³-hybridized carbons (Fsp3) is 0.190. The number of fused-ring (bicyclic) bond motifs is 1. The lowest BCUT2D eigenvalue weighted by molar-refractivity contribution is 0.0695. The second-order valence-electron chi connectivity index (χ2n) is 6.87. The van der Waals surface area contributed by atoms with Crippen LogP contribution in [-0.2, 0) is 10.0 Å². The summed E-state index contributed by atoms with van der Waals surface area (Å²) in [6, 6.07) is 17.0. The second kappa shape index (κ2) is 7.67. The van der Waals surface area contributed by atoms with Crippen molar-refractivity contribution < 1.29 is 18.3 Å². The van der Waals surface area contributed by atoms with E-state index in [0.29, 0.717) is 5.02 Å². The van der Waals surface area contributed by atoms with Gasteiger partial charge in [0, 0.05) is 31.2 Å². The number of phenols is 1. The van der Waals surface area contributed by atoms with Gasteiger partial charge >= 0.3 is 0 Å². The molecular weight excluding hydrogens is 412 g/mol. The third-order valence-corrected chi connectivity index (χ3v) is 7.20. The first-order valence-electron chi connectivity index (χ1n) is 9.13. The van der Waals surface area contributed by atoms with Gasteiger partial charge in [0.25, 0.3) is 5.91 Å². The molecule has 8 heteroatoms. The molecule has 1 N–H and O–H groups in total. The summed E-state index contributed by atoms with van der Waals surface area (Å²) >= 11 is 5.92. The minimum atomic E-state index is -3.66. The Morgan fingerprint density at radius 3 is 2.31 bits per heavy atom. The van der Waals surface area contributed by atoms with E-state index in [-0.39, 0.29) is 48.3 Å². The first-order chi connectivity index (χ1) is 13.9. The lowest BCUT2D eigenvalue weighted by Gasteiger charge is -2.34. The largest absolute Gasteiger partial charge is 0.507 e. The maximum Gasteiger partial charge on any atom is 0.257 e. The Morgan fingerprint density at radius 2 is 1.59 bits per heavy atom. The summed E-state index contributed by atoms with van der Waals surface area (Å²) in [6.45, 7) is 0.833. The number of carbonyl (C=O) groups excluding carboxylic acids is 1. The van der Waals surface area contributed by atoms with E-state index < -0.39 is 10.0 Å². The molecule has 150 valence electrons. The van der Waals surface area contributed by atoms with Crippen LogP contribution < -0.4 is 0 Å². The zero-order valence-corrected chi connectivity index (χ0v) is 17.0. The highest BCUT2D eigenvalue weighted by molar-refractivity contribution is 7.89. The number of amides is 1. The first kappa shape index (κ1) is 19.7. The van der Waals surface area contributed by atoms with Gasteiger partial charge in [-0.1, -0.05) is 41.9 Å². The topological polar surface area (TPSA) is 77.9 Å². The van der Waals surface area contributed by atoms with Gasteiger partial charge in [0.05, 0.1) is 10.5 Å². The minimum absolute atomic E-state index is 0.114. The number of nitrogens with zero attached hydrogens (tertiary/aromatic N) is 2. The molecule has 0 bridgehead atoms. The Balaban J connectivity index is 1.51. The van der Waals surface area contributed by atoms with Gasteiger partial charge in [-0.05, 0) is 41.1 Å². The number of phenolic OH excluding ortho intramolecular Hbond substituents is 1. The van der Waals surface area contributed by atoms with Crippen molar-refractivity contribution in [2.24, 2.45) is 0 Å². The highest BCUT2D eigenvalue weighted by Gasteiger charge is 2.31. The van der Waals surface area contributed by atoms with Gasteiger partial charge in [-0.25, -0.2) is 8.42 Å². The van der Waals surface area contributed by atoms with Crippen LogP contribution in [0.25, 0.3) is 10.8 Å². The van der Waals surface area contributed by atoms with Crippen LogP contribution >= 0.6 is 11.6 Å². The van der Waals surface area contributed by atoms with E-state index in [2.05, 4.69) is 0 Å². The van der Waals surface area contributed by atoms with E-state index in [4.69, 9.17) is 11.6 Å². The van der Waals surface area contributed by atoms with Crippen molar-refractivity contribution in [2.75, 3.05) is 26.2 Å². The van der Waals surface area contributed by atoms with E-state index in [1.54, 1.807) is 18.2 Å². The Kier molecular flexibility index (Phi) is 5.21. The maximum absolute atomic E-state index is 13.0. The number of carbonyl (C=O) groups is 1. The van der Waals surface area contributed by atoms with Gasteiger partial charge in [0.15, 0.2) is 0 Å². The molecule has 0 spiro atoms. The lowest BCUT2D eigenvalue weighted by Crippen LogP contribution is -2.50. The number of piperazine rings is 1. The van der Waals surface area contributed by atoms with E-state index >= 15 is 0 Å². The standard InChI is InChI=1S/C21H19ClN2O4S/c22-17-6-8-20(25)19(14-17)21(26)23-9-11-24(12-10-23)29(27,28)18-7-5-15-3-1-2-4-16(15)13-18/h1-8,13-14,25H,9-12H2. The number of halogens is 1. The van der Waals surface area contributed by atoms with Crippen molar-refractivity contribution in [1.29, 1.82) is 0 Å². The number of benzene rings is 3. The maximum atomic E-state index is 13.0. The fourth-order valence-electron chi connectivity index (χ4n) is 3.46. The molecule has 1 heterocycles. The summed E-state index contributed by atoms with van der Waals surface area (Å²) in [7, 11) is -3.66. The monoisotopic (exact) mass is 430 g/mol. The van der Waals surface area contributed by atoms with Gasteiger partial charge in [0.1, 0.15) is 5.75 Å². The highest BCUT2D eigenvalue weighted by atomic mass is 35.5. The summed E-state index contributed by atoms with van der Waals surface area (Å²) in [5.41, 5.74) is 0.114. The Bertz CT molecular complexity index is 1190. The molecule has 3 aromatic rings. The smallest absolute Gasteiger partial charge is 0.257 e. The summed E-state index contributed by atoms with van der Waals surface area (Å²) < 4.78 is 27.5. The molecule has 6 nitrogen and oxygen atoms in total. The van der Waals surface area contributed by atoms with Crippen molar-refractivity contribution in [3.05, 3.63) is 71.2 Å². The van der Waals surface area contributed by atoms with Crippen molar-refractivity contribution in [3.8, 4) is 5.75 Å². The molecule has 3 aromatic carbocycles. The SMILES string of the molecule is O=C(c1cc(Cl)ccc1O)N1CCN(S(=O)(=O)c2ccc3ccccc3c2)CC1. The molecule has 0 atom stereocenters. The summed E-state index contributed by atoms with van der Waals surface area (Å²) in [5, 5.41) is 12.1. The molecular formula is C21H19ClN2O4S. The number of sulfonamides is 1. The predicted octanol–water partition coefficient (Wildman–Crippen LogP) is 3.35. The van der Waals surface area contributed by atoms with Crippen LogP contribution in [0, 0.1) is 0 Å². The van der Waals surface area contributed by atoms with Gasteiger partial charge in [-0.15, -0.1) is 0 Å². The summed E-state index contributed by atoms with van der Waals surface area (Å²) in [6.07, 6.45) is 0. The van der Waals surface area contributed by atoms with Crippen LogP contribution in [-0.4, -0.2) is 54.8 Å². The quantitative estimate of drug-likeness (QED) is 0.691. The Morgan fingerprint density at radius 1 is 0.897 bits per heavy atom. The minimum Gasteiger partial charge on any atom is -0.507 e. The number of hydrogen-bond donors (Lipinski definition) is 1. The molecule has 1 amide bonds. The molecule has 0 aromatic heterocycles. The highest BCUT2D eigenvalue weighted by Crippen LogP contribution is 2.25. The van der Waals surface area contributed by atoms with Crippen LogP contribution in [0.1, 0.15) is 10.4 Å². The molecule has 1 fully saturated rings. The fourth-order valence-corrected chi connectivity index (χ4v) is 5.09.